The molecule has 0 aliphatic rings. The van der Waals surface area contributed by atoms with Gasteiger partial charge in [-0.1, -0.05) is 18.2 Å². The second-order valence-electron chi connectivity index (χ2n) is 5.60. The fraction of sp³-hybridized carbons (Fsp3) is 0.111. The van der Waals surface area contributed by atoms with Crippen LogP contribution in [0, 0.1) is 5.82 Å². The molecule has 0 fully saturated rings. The smallest absolute Gasteiger partial charge is 0.235 e. The highest BCUT2D eigenvalue weighted by atomic mass is 19.1. The minimum Gasteiger partial charge on any atom is -0.441 e. The summed E-state index contributed by atoms with van der Waals surface area (Å²) in [4.78, 5) is 16.2. The maximum Gasteiger partial charge on any atom is 0.235 e. The van der Waals surface area contributed by atoms with Gasteiger partial charge in [0.2, 0.25) is 11.9 Å². The number of nitrogens with one attached hydrogen (secondary N) is 1. The summed E-state index contributed by atoms with van der Waals surface area (Å²) in [5.41, 5.74) is 0.982. The lowest BCUT2D eigenvalue weighted by Gasteiger charge is -2.02. The third kappa shape index (κ3) is 3.16. The van der Waals surface area contributed by atoms with Crippen molar-refractivity contribution in [3.63, 3.8) is 0 Å². The molecule has 8 heteroatoms. The van der Waals surface area contributed by atoms with Crippen molar-refractivity contribution >= 4 is 17.5 Å². The minimum absolute atomic E-state index is 0.152. The van der Waals surface area contributed by atoms with Crippen LogP contribution in [0.25, 0.3) is 17.0 Å². The number of oxazole rings is 1. The van der Waals surface area contributed by atoms with Gasteiger partial charge in [0, 0.05) is 19.0 Å². The second-order valence-corrected chi connectivity index (χ2v) is 5.60. The Bertz CT molecular complexity index is 1070. The Kier molecular flexibility index (Phi) is 4.14. The van der Waals surface area contributed by atoms with Crippen molar-refractivity contribution in [1.29, 1.82) is 0 Å². The predicted molar refractivity (Wildman–Crippen MR) is 91.8 cm³/mol. The van der Waals surface area contributed by atoms with Crippen LogP contribution in [0.4, 0.5) is 10.3 Å². The van der Waals surface area contributed by atoms with E-state index >= 15 is 0 Å². The van der Waals surface area contributed by atoms with Gasteiger partial charge in [0.25, 0.3) is 0 Å². The van der Waals surface area contributed by atoms with Gasteiger partial charge in [0.05, 0.1) is 11.8 Å². The molecule has 0 saturated carbocycles. The number of aromatic nitrogens is 4. The number of rotatable bonds is 5. The van der Waals surface area contributed by atoms with Crippen LogP contribution in [-0.4, -0.2) is 25.5 Å². The van der Waals surface area contributed by atoms with Crippen molar-refractivity contribution in [2.75, 3.05) is 5.32 Å². The number of anilines is 1. The number of pyridine rings is 1. The topological polar surface area (TPSA) is 85.3 Å². The van der Waals surface area contributed by atoms with E-state index < -0.39 is 0 Å². The van der Waals surface area contributed by atoms with Crippen molar-refractivity contribution in [2.24, 2.45) is 0 Å². The number of hydrogen-bond donors (Lipinski definition) is 1. The first kappa shape index (κ1) is 15.9. The fourth-order valence-corrected chi connectivity index (χ4v) is 2.55. The number of halogens is 1. The number of benzene rings is 1. The third-order valence-corrected chi connectivity index (χ3v) is 3.82. The van der Waals surface area contributed by atoms with E-state index in [1.165, 1.54) is 12.3 Å². The van der Waals surface area contributed by atoms with Gasteiger partial charge in [-0.3, -0.25) is 14.5 Å². The molecule has 4 rings (SSSR count). The standard InChI is InChI=1S/C18H14FN5O2/c19-13-6-2-1-5-12(13)14-11-20-17(26-14)9-8-16(25)21-18-23-22-15-7-3-4-10-24(15)18/h1-7,10-11H,8-9H2,(H,21,23,25). The molecule has 3 heterocycles. The molecule has 0 saturated heterocycles. The van der Waals surface area contributed by atoms with Crippen molar-refractivity contribution in [3.8, 4) is 11.3 Å². The summed E-state index contributed by atoms with van der Waals surface area (Å²) in [6, 6.07) is 11.7. The van der Waals surface area contributed by atoms with Crippen LogP contribution in [0.5, 0.6) is 0 Å². The zero-order chi connectivity index (χ0) is 17.9. The molecule has 1 N–H and O–H groups in total. The van der Waals surface area contributed by atoms with Crippen LogP contribution in [0.1, 0.15) is 12.3 Å². The lowest BCUT2D eigenvalue weighted by atomic mass is 10.2. The Balaban J connectivity index is 1.40. The van der Waals surface area contributed by atoms with Gasteiger partial charge in [-0.15, -0.1) is 10.2 Å². The van der Waals surface area contributed by atoms with Crippen molar-refractivity contribution in [2.45, 2.75) is 12.8 Å². The number of hydrogen-bond acceptors (Lipinski definition) is 5. The zero-order valence-electron chi connectivity index (χ0n) is 13.6. The molecule has 7 nitrogen and oxygen atoms in total. The molecule has 0 aliphatic carbocycles. The molecule has 0 bridgehead atoms. The maximum absolute atomic E-state index is 13.8. The summed E-state index contributed by atoms with van der Waals surface area (Å²) in [5.74, 6) is 0.428. The van der Waals surface area contributed by atoms with E-state index in [2.05, 4.69) is 20.5 Å². The highest BCUT2D eigenvalue weighted by Gasteiger charge is 2.13. The summed E-state index contributed by atoms with van der Waals surface area (Å²) >= 11 is 0. The van der Waals surface area contributed by atoms with Crippen LogP contribution >= 0.6 is 0 Å². The maximum atomic E-state index is 13.8. The Morgan fingerprint density at radius 1 is 1.15 bits per heavy atom. The van der Waals surface area contributed by atoms with Crippen molar-refractivity contribution in [3.05, 3.63) is 66.6 Å². The highest BCUT2D eigenvalue weighted by molar-refractivity contribution is 5.89. The molecule has 0 spiro atoms. The van der Waals surface area contributed by atoms with E-state index in [-0.39, 0.29) is 24.6 Å². The number of carbonyl (C=O) groups excluding carboxylic acids is 1. The molecule has 1 aromatic carbocycles. The number of nitrogens with zero attached hydrogens (tertiary/aromatic N) is 4. The van der Waals surface area contributed by atoms with Crippen LogP contribution < -0.4 is 5.32 Å². The SMILES string of the molecule is O=C(CCc1ncc(-c2ccccc2F)o1)Nc1nnc2ccccn12. The van der Waals surface area contributed by atoms with E-state index in [0.29, 0.717) is 28.8 Å². The van der Waals surface area contributed by atoms with E-state index in [9.17, 15) is 9.18 Å². The average molecular weight is 351 g/mol. The number of amides is 1. The average Bonchev–Trinajstić information content (AvgIpc) is 3.28. The number of aryl methyl sites for hydroxylation is 1. The molecular weight excluding hydrogens is 337 g/mol. The Morgan fingerprint density at radius 3 is 2.88 bits per heavy atom. The van der Waals surface area contributed by atoms with Crippen molar-refractivity contribution in [1.82, 2.24) is 19.6 Å². The summed E-state index contributed by atoms with van der Waals surface area (Å²) in [5, 5.41) is 10.6. The number of fused-ring (bicyclic) bond motifs is 1. The Morgan fingerprint density at radius 2 is 2.00 bits per heavy atom. The van der Waals surface area contributed by atoms with Crippen LogP contribution in [0.2, 0.25) is 0 Å². The van der Waals surface area contributed by atoms with Crippen LogP contribution in [-0.2, 0) is 11.2 Å². The molecule has 4 aromatic rings. The summed E-state index contributed by atoms with van der Waals surface area (Å²) < 4.78 is 21.0. The minimum atomic E-state index is -0.383. The van der Waals surface area contributed by atoms with E-state index in [4.69, 9.17) is 4.42 Å². The van der Waals surface area contributed by atoms with E-state index in [0.717, 1.165) is 0 Å². The molecule has 0 unspecified atom stereocenters. The normalized spacial score (nSPS) is 11.0. The van der Waals surface area contributed by atoms with Gasteiger partial charge in [-0.05, 0) is 24.3 Å². The fourth-order valence-electron chi connectivity index (χ4n) is 2.55. The lowest BCUT2D eigenvalue weighted by molar-refractivity contribution is -0.116. The third-order valence-electron chi connectivity index (χ3n) is 3.82. The van der Waals surface area contributed by atoms with Crippen LogP contribution in [0.3, 0.4) is 0 Å². The van der Waals surface area contributed by atoms with Crippen molar-refractivity contribution < 1.29 is 13.6 Å². The molecule has 130 valence electrons. The zero-order valence-corrected chi connectivity index (χ0v) is 13.6. The van der Waals surface area contributed by atoms with Gasteiger partial charge in [0.15, 0.2) is 17.3 Å². The summed E-state index contributed by atoms with van der Waals surface area (Å²) in [6.07, 6.45) is 3.66. The monoisotopic (exact) mass is 351 g/mol. The molecule has 3 aromatic heterocycles. The first-order valence-corrected chi connectivity index (χ1v) is 8.00. The molecule has 0 aliphatic heterocycles. The summed E-state index contributed by atoms with van der Waals surface area (Å²) in [7, 11) is 0. The molecular formula is C18H14FN5O2. The molecule has 0 atom stereocenters. The second kappa shape index (κ2) is 6.75. The Labute approximate surface area is 147 Å². The van der Waals surface area contributed by atoms with Gasteiger partial charge in [0.1, 0.15) is 5.82 Å². The quantitative estimate of drug-likeness (QED) is 0.597. The van der Waals surface area contributed by atoms with Crippen LogP contribution in [0.15, 0.2) is 59.3 Å². The van der Waals surface area contributed by atoms with Gasteiger partial charge in [-0.25, -0.2) is 9.37 Å². The number of carbonyl (C=O) groups is 1. The van der Waals surface area contributed by atoms with E-state index in [1.54, 1.807) is 34.9 Å². The molecule has 26 heavy (non-hydrogen) atoms. The van der Waals surface area contributed by atoms with Gasteiger partial charge < -0.3 is 4.42 Å². The van der Waals surface area contributed by atoms with Gasteiger partial charge >= 0.3 is 0 Å². The molecule has 0 radical (unpaired) electrons. The first-order valence-electron chi connectivity index (χ1n) is 8.00. The van der Waals surface area contributed by atoms with Gasteiger partial charge in [-0.2, -0.15) is 0 Å². The molecule has 1 amide bonds. The summed E-state index contributed by atoms with van der Waals surface area (Å²) in [6.45, 7) is 0. The predicted octanol–water partition coefficient (Wildman–Crippen LogP) is 3.09. The largest absolute Gasteiger partial charge is 0.441 e. The Hall–Kier alpha value is -3.55. The first-order chi connectivity index (χ1) is 12.7. The highest BCUT2D eigenvalue weighted by Crippen LogP contribution is 2.23. The lowest BCUT2D eigenvalue weighted by Crippen LogP contribution is -2.14. The van der Waals surface area contributed by atoms with E-state index in [1.807, 2.05) is 12.1 Å².